The maximum absolute atomic E-state index is 11.2. The molecule has 0 spiro atoms. The van der Waals surface area contributed by atoms with Crippen LogP contribution < -0.4 is 15.6 Å². The summed E-state index contributed by atoms with van der Waals surface area (Å²) in [4.78, 5) is 12.4. The van der Waals surface area contributed by atoms with Gasteiger partial charge in [0.05, 0.1) is 7.11 Å². The van der Waals surface area contributed by atoms with Gasteiger partial charge in [-0.1, -0.05) is 19.1 Å². The smallest absolute Gasteiger partial charge is 0.234 e. The van der Waals surface area contributed by atoms with Crippen LogP contribution in [0.4, 0.5) is 0 Å². The van der Waals surface area contributed by atoms with E-state index in [9.17, 15) is 4.79 Å². The third-order valence-electron chi connectivity index (χ3n) is 3.37. The van der Waals surface area contributed by atoms with Gasteiger partial charge in [-0.25, -0.2) is 5.43 Å². The van der Waals surface area contributed by atoms with Gasteiger partial charge in [0.1, 0.15) is 5.75 Å². The van der Waals surface area contributed by atoms with Crippen LogP contribution in [0.15, 0.2) is 29.2 Å². The van der Waals surface area contributed by atoms with E-state index in [0.29, 0.717) is 6.42 Å². The summed E-state index contributed by atoms with van der Waals surface area (Å²) in [5.74, 6) is 1.19. The Balaban J connectivity index is 2.12. The van der Waals surface area contributed by atoms with Crippen molar-refractivity contribution >= 4 is 23.7 Å². The highest BCUT2D eigenvalue weighted by Gasteiger charge is 2.22. The third-order valence-corrected chi connectivity index (χ3v) is 4.08. The van der Waals surface area contributed by atoms with E-state index in [4.69, 9.17) is 4.74 Å². The molecule has 0 bridgehead atoms. The Morgan fingerprint density at radius 1 is 1.40 bits per heavy atom. The zero-order chi connectivity index (χ0) is 14.5. The first-order valence-electron chi connectivity index (χ1n) is 6.58. The van der Waals surface area contributed by atoms with Crippen LogP contribution in [-0.2, 0) is 4.79 Å². The van der Waals surface area contributed by atoms with Crippen molar-refractivity contribution in [2.45, 2.75) is 24.3 Å². The Morgan fingerprint density at radius 3 is 2.85 bits per heavy atom. The standard InChI is InChI=1S/C15H20N2O2S/c1-10-6-15(18)17-16-14(10)5-4-11-7-12(19-2)9-13(8-11)20-3/h4-5,7-10,14,16H,6H2,1-3H3,(H,17,18)/b5-4+. The lowest BCUT2D eigenvalue weighted by molar-refractivity contribution is -0.125. The molecule has 2 atom stereocenters. The van der Waals surface area contributed by atoms with Gasteiger partial charge in [-0.15, -0.1) is 11.8 Å². The predicted molar refractivity (Wildman–Crippen MR) is 82.7 cm³/mol. The van der Waals surface area contributed by atoms with Gasteiger partial charge in [-0.3, -0.25) is 10.2 Å². The summed E-state index contributed by atoms with van der Waals surface area (Å²) in [6.07, 6.45) is 6.75. The molecule has 2 rings (SSSR count). The number of amides is 1. The monoisotopic (exact) mass is 292 g/mol. The molecular weight excluding hydrogens is 272 g/mol. The second-order valence-electron chi connectivity index (χ2n) is 4.90. The van der Waals surface area contributed by atoms with E-state index in [1.165, 1.54) is 4.90 Å². The molecule has 1 fully saturated rings. The Morgan fingerprint density at radius 2 is 2.20 bits per heavy atom. The summed E-state index contributed by atoms with van der Waals surface area (Å²) in [6.45, 7) is 2.07. The lowest BCUT2D eigenvalue weighted by Crippen LogP contribution is -2.52. The summed E-state index contributed by atoms with van der Waals surface area (Å²) in [5, 5.41) is 0. The molecule has 5 heteroatoms. The Hall–Kier alpha value is -1.46. The van der Waals surface area contributed by atoms with Gasteiger partial charge in [0.15, 0.2) is 0 Å². The summed E-state index contributed by atoms with van der Waals surface area (Å²) < 4.78 is 5.30. The molecule has 108 valence electrons. The van der Waals surface area contributed by atoms with Crippen molar-refractivity contribution in [3.8, 4) is 5.75 Å². The lowest BCUT2D eigenvalue weighted by Gasteiger charge is -2.27. The van der Waals surface area contributed by atoms with Crippen LogP contribution in [0.3, 0.4) is 0 Å². The number of carbonyl (C=O) groups is 1. The lowest BCUT2D eigenvalue weighted by atomic mass is 9.96. The Kier molecular flexibility index (Phi) is 5.09. The van der Waals surface area contributed by atoms with Crippen LogP contribution in [0.1, 0.15) is 18.9 Å². The SMILES string of the molecule is COc1cc(/C=C/C2NNC(=O)CC2C)cc(SC)c1. The molecule has 1 saturated heterocycles. The summed E-state index contributed by atoms with van der Waals surface area (Å²) in [6, 6.07) is 6.29. The molecule has 1 heterocycles. The zero-order valence-corrected chi connectivity index (χ0v) is 12.8. The first-order chi connectivity index (χ1) is 9.62. The summed E-state index contributed by atoms with van der Waals surface area (Å²) >= 11 is 1.69. The molecule has 0 aromatic heterocycles. The number of methoxy groups -OCH3 is 1. The third kappa shape index (κ3) is 3.77. The van der Waals surface area contributed by atoms with Gasteiger partial charge in [0, 0.05) is 17.4 Å². The number of hydrazine groups is 1. The number of thioether (sulfide) groups is 1. The van der Waals surface area contributed by atoms with E-state index in [1.807, 2.05) is 18.4 Å². The maximum atomic E-state index is 11.2. The van der Waals surface area contributed by atoms with Gasteiger partial charge in [0.25, 0.3) is 0 Å². The van der Waals surface area contributed by atoms with Crippen molar-refractivity contribution in [2.75, 3.05) is 13.4 Å². The molecule has 0 radical (unpaired) electrons. The molecule has 20 heavy (non-hydrogen) atoms. The molecule has 4 nitrogen and oxygen atoms in total. The molecule has 2 N–H and O–H groups in total. The van der Waals surface area contributed by atoms with E-state index < -0.39 is 0 Å². The van der Waals surface area contributed by atoms with Crippen molar-refractivity contribution in [3.05, 3.63) is 29.8 Å². The first kappa shape index (κ1) is 14.9. The van der Waals surface area contributed by atoms with Crippen LogP contribution in [-0.4, -0.2) is 25.3 Å². The molecule has 0 aliphatic carbocycles. The number of hydrogen-bond donors (Lipinski definition) is 2. The van der Waals surface area contributed by atoms with E-state index in [0.717, 1.165) is 11.3 Å². The summed E-state index contributed by atoms with van der Waals surface area (Å²) in [7, 11) is 1.67. The second kappa shape index (κ2) is 6.81. The predicted octanol–water partition coefficient (Wildman–Crippen LogP) is 2.46. The number of carbonyl (C=O) groups excluding carboxylic acids is 1. The quantitative estimate of drug-likeness (QED) is 0.837. The average Bonchev–Trinajstić information content (AvgIpc) is 2.46. The maximum Gasteiger partial charge on any atom is 0.234 e. The van der Waals surface area contributed by atoms with Crippen molar-refractivity contribution in [1.29, 1.82) is 0 Å². The van der Waals surface area contributed by atoms with Crippen LogP contribution in [0.2, 0.25) is 0 Å². The average molecular weight is 292 g/mol. The van der Waals surface area contributed by atoms with Crippen molar-refractivity contribution in [2.24, 2.45) is 5.92 Å². The fraction of sp³-hybridized carbons (Fsp3) is 0.400. The molecule has 0 saturated carbocycles. The Bertz CT molecular complexity index is 494. The molecule has 2 unspecified atom stereocenters. The number of rotatable bonds is 4. The number of hydrogen-bond acceptors (Lipinski definition) is 4. The van der Waals surface area contributed by atoms with Crippen molar-refractivity contribution in [3.63, 3.8) is 0 Å². The fourth-order valence-corrected chi connectivity index (χ4v) is 2.64. The number of ether oxygens (including phenoxy) is 1. The topological polar surface area (TPSA) is 50.4 Å². The summed E-state index contributed by atoms with van der Waals surface area (Å²) in [5.41, 5.74) is 6.80. The van der Waals surface area contributed by atoms with E-state index in [2.05, 4.69) is 36.0 Å². The molecule has 1 aromatic rings. The van der Waals surface area contributed by atoms with E-state index in [1.54, 1.807) is 18.9 Å². The van der Waals surface area contributed by atoms with Crippen LogP contribution in [0, 0.1) is 5.92 Å². The normalized spacial score (nSPS) is 22.9. The highest BCUT2D eigenvalue weighted by Crippen LogP contribution is 2.25. The number of nitrogens with one attached hydrogen (secondary N) is 2. The molecule has 1 aliphatic rings. The van der Waals surface area contributed by atoms with Crippen LogP contribution in [0.25, 0.3) is 6.08 Å². The minimum absolute atomic E-state index is 0.0493. The highest BCUT2D eigenvalue weighted by atomic mass is 32.2. The zero-order valence-electron chi connectivity index (χ0n) is 12.0. The van der Waals surface area contributed by atoms with Gasteiger partial charge in [0.2, 0.25) is 5.91 Å². The number of benzene rings is 1. The minimum atomic E-state index is 0.0493. The van der Waals surface area contributed by atoms with Gasteiger partial charge >= 0.3 is 0 Å². The molecule has 1 aromatic carbocycles. The largest absolute Gasteiger partial charge is 0.497 e. The highest BCUT2D eigenvalue weighted by molar-refractivity contribution is 7.98. The molecule has 1 amide bonds. The Labute approximate surface area is 123 Å². The van der Waals surface area contributed by atoms with Crippen LogP contribution in [0.5, 0.6) is 5.75 Å². The van der Waals surface area contributed by atoms with Crippen molar-refractivity contribution < 1.29 is 9.53 Å². The van der Waals surface area contributed by atoms with E-state index >= 15 is 0 Å². The first-order valence-corrected chi connectivity index (χ1v) is 7.80. The molecular formula is C15H20N2O2S. The minimum Gasteiger partial charge on any atom is -0.497 e. The van der Waals surface area contributed by atoms with Gasteiger partial charge in [-0.05, 0) is 35.9 Å². The van der Waals surface area contributed by atoms with E-state index in [-0.39, 0.29) is 17.9 Å². The van der Waals surface area contributed by atoms with Crippen LogP contribution >= 0.6 is 11.8 Å². The fourth-order valence-electron chi connectivity index (χ4n) is 2.15. The van der Waals surface area contributed by atoms with Gasteiger partial charge in [-0.2, -0.15) is 0 Å². The second-order valence-corrected chi connectivity index (χ2v) is 5.78. The van der Waals surface area contributed by atoms with Gasteiger partial charge < -0.3 is 4.74 Å². The van der Waals surface area contributed by atoms with Crippen molar-refractivity contribution in [1.82, 2.24) is 10.9 Å². The molecule has 1 aliphatic heterocycles.